The molecular formula is C17H22BrNO2. The van der Waals surface area contributed by atoms with Gasteiger partial charge in [-0.25, -0.2) is 0 Å². The molecule has 0 aliphatic heterocycles. The summed E-state index contributed by atoms with van der Waals surface area (Å²) >= 11 is 3.45. The summed E-state index contributed by atoms with van der Waals surface area (Å²) in [7, 11) is 0. The predicted molar refractivity (Wildman–Crippen MR) is 88.8 cm³/mol. The van der Waals surface area contributed by atoms with Crippen molar-refractivity contribution in [2.24, 2.45) is 5.92 Å². The molecule has 0 aromatic heterocycles. The summed E-state index contributed by atoms with van der Waals surface area (Å²) in [5.74, 6) is 0.396. The molecule has 2 unspecified atom stereocenters. The van der Waals surface area contributed by atoms with Crippen LogP contribution >= 0.6 is 15.9 Å². The topological polar surface area (TPSA) is 49.3 Å². The summed E-state index contributed by atoms with van der Waals surface area (Å²) in [6.07, 6.45) is 7.24. The summed E-state index contributed by atoms with van der Waals surface area (Å²) in [5, 5.41) is 12.7. The Balaban J connectivity index is 2.02. The molecule has 1 aliphatic carbocycles. The summed E-state index contributed by atoms with van der Waals surface area (Å²) in [6, 6.07) is 7.75. The van der Waals surface area contributed by atoms with Crippen molar-refractivity contribution in [3.63, 3.8) is 0 Å². The third kappa shape index (κ3) is 4.42. The molecule has 114 valence electrons. The van der Waals surface area contributed by atoms with E-state index in [1.807, 2.05) is 24.3 Å². The van der Waals surface area contributed by atoms with Gasteiger partial charge in [0.15, 0.2) is 0 Å². The van der Waals surface area contributed by atoms with Crippen LogP contribution in [0.4, 0.5) is 0 Å². The predicted octanol–water partition coefficient (Wildman–Crippen LogP) is 3.52. The van der Waals surface area contributed by atoms with Crippen molar-refractivity contribution >= 4 is 27.9 Å². The van der Waals surface area contributed by atoms with E-state index in [1.165, 1.54) is 12.5 Å². The molecule has 4 heteroatoms. The van der Waals surface area contributed by atoms with Crippen molar-refractivity contribution < 1.29 is 9.90 Å². The summed E-state index contributed by atoms with van der Waals surface area (Å²) < 4.78 is 0.956. The van der Waals surface area contributed by atoms with Crippen LogP contribution in [0.25, 0.3) is 6.08 Å². The van der Waals surface area contributed by atoms with E-state index in [1.54, 1.807) is 6.08 Å². The SMILES string of the molecule is CC1CCCC(CO)(NC(=O)C=Cc2ccccc2Br)C1. The van der Waals surface area contributed by atoms with Gasteiger partial charge in [-0.2, -0.15) is 0 Å². The third-order valence-corrected chi connectivity index (χ3v) is 4.82. The minimum absolute atomic E-state index is 0.00590. The van der Waals surface area contributed by atoms with Crippen LogP contribution in [0.2, 0.25) is 0 Å². The molecule has 1 saturated carbocycles. The van der Waals surface area contributed by atoms with E-state index < -0.39 is 5.54 Å². The number of nitrogens with one attached hydrogen (secondary N) is 1. The highest BCUT2D eigenvalue weighted by molar-refractivity contribution is 9.10. The maximum absolute atomic E-state index is 12.1. The average Bonchev–Trinajstić information content (AvgIpc) is 2.46. The fourth-order valence-electron chi connectivity index (χ4n) is 3.04. The molecule has 0 heterocycles. The number of carbonyl (C=O) groups excluding carboxylic acids is 1. The Hall–Kier alpha value is -1.13. The molecule has 1 amide bonds. The number of hydrogen-bond acceptors (Lipinski definition) is 2. The molecule has 0 bridgehead atoms. The molecule has 1 aliphatic rings. The number of amides is 1. The van der Waals surface area contributed by atoms with Crippen molar-refractivity contribution in [1.82, 2.24) is 5.32 Å². The lowest BCUT2D eigenvalue weighted by Gasteiger charge is -2.39. The van der Waals surface area contributed by atoms with Crippen LogP contribution in [0.15, 0.2) is 34.8 Å². The van der Waals surface area contributed by atoms with Crippen LogP contribution in [0.5, 0.6) is 0 Å². The first-order chi connectivity index (χ1) is 10.0. The molecule has 2 N–H and O–H groups in total. The number of aliphatic hydroxyl groups excluding tert-OH is 1. The Bertz CT molecular complexity index is 529. The van der Waals surface area contributed by atoms with Gasteiger partial charge < -0.3 is 10.4 Å². The van der Waals surface area contributed by atoms with Crippen molar-refractivity contribution in [3.8, 4) is 0 Å². The Morgan fingerprint density at radius 1 is 1.52 bits per heavy atom. The second kappa shape index (κ2) is 7.23. The number of hydrogen-bond donors (Lipinski definition) is 2. The van der Waals surface area contributed by atoms with Gasteiger partial charge in [0, 0.05) is 10.5 Å². The number of aliphatic hydroxyl groups is 1. The molecule has 1 fully saturated rings. The highest BCUT2D eigenvalue weighted by Gasteiger charge is 2.35. The first-order valence-corrected chi connectivity index (χ1v) is 8.19. The normalized spacial score (nSPS) is 26.0. The lowest BCUT2D eigenvalue weighted by molar-refractivity contribution is -0.119. The number of carbonyl (C=O) groups is 1. The van der Waals surface area contributed by atoms with Gasteiger partial charge >= 0.3 is 0 Å². The zero-order valence-electron chi connectivity index (χ0n) is 12.3. The van der Waals surface area contributed by atoms with Crippen LogP contribution < -0.4 is 5.32 Å². The second-order valence-corrected chi connectivity index (χ2v) is 6.84. The highest BCUT2D eigenvalue weighted by Crippen LogP contribution is 2.32. The van der Waals surface area contributed by atoms with E-state index in [-0.39, 0.29) is 12.5 Å². The van der Waals surface area contributed by atoms with Gasteiger partial charge in [0.25, 0.3) is 0 Å². The Morgan fingerprint density at radius 3 is 2.95 bits per heavy atom. The zero-order valence-corrected chi connectivity index (χ0v) is 13.9. The van der Waals surface area contributed by atoms with E-state index >= 15 is 0 Å². The third-order valence-electron chi connectivity index (χ3n) is 4.10. The van der Waals surface area contributed by atoms with Crippen molar-refractivity contribution in [3.05, 3.63) is 40.4 Å². The largest absolute Gasteiger partial charge is 0.394 e. The van der Waals surface area contributed by atoms with Gasteiger partial charge in [0.2, 0.25) is 5.91 Å². The number of rotatable bonds is 4. The van der Waals surface area contributed by atoms with Crippen LogP contribution in [-0.4, -0.2) is 23.2 Å². The van der Waals surface area contributed by atoms with E-state index in [9.17, 15) is 9.90 Å². The Labute approximate surface area is 134 Å². The monoisotopic (exact) mass is 351 g/mol. The van der Waals surface area contributed by atoms with E-state index in [0.717, 1.165) is 29.3 Å². The van der Waals surface area contributed by atoms with Gasteiger partial charge in [0.1, 0.15) is 0 Å². The summed E-state index contributed by atoms with van der Waals surface area (Å²) in [6.45, 7) is 2.18. The van der Waals surface area contributed by atoms with E-state index in [0.29, 0.717) is 5.92 Å². The lowest BCUT2D eigenvalue weighted by Crippen LogP contribution is -2.53. The first-order valence-electron chi connectivity index (χ1n) is 7.40. The van der Waals surface area contributed by atoms with Gasteiger partial charge in [-0.1, -0.05) is 53.9 Å². The molecule has 2 rings (SSSR count). The Kier molecular flexibility index (Phi) is 5.59. The molecule has 0 saturated heterocycles. The molecule has 2 atom stereocenters. The van der Waals surface area contributed by atoms with Gasteiger partial charge in [0.05, 0.1) is 12.1 Å². The Morgan fingerprint density at radius 2 is 2.29 bits per heavy atom. The lowest BCUT2D eigenvalue weighted by atomic mass is 9.77. The van der Waals surface area contributed by atoms with Crippen molar-refractivity contribution in [2.45, 2.75) is 38.1 Å². The van der Waals surface area contributed by atoms with E-state index in [2.05, 4.69) is 28.2 Å². The molecule has 0 spiro atoms. The van der Waals surface area contributed by atoms with Crippen LogP contribution in [0.3, 0.4) is 0 Å². The summed E-state index contributed by atoms with van der Waals surface area (Å²) in [5.41, 5.74) is 0.509. The molecule has 1 aromatic rings. The van der Waals surface area contributed by atoms with E-state index in [4.69, 9.17) is 0 Å². The number of benzene rings is 1. The summed E-state index contributed by atoms with van der Waals surface area (Å²) in [4.78, 5) is 12.1. The molecule has 0 radical (unpaired) electrons. The second-order valence-electron chi connectivity index (χ2n) is 5.98. The van der Waals surface area contributed by atoms with Crippen molar-refractivity contribution in [2.75, 3.05) is 6.61 Å². The maximum atomic E-state index is 12.1. The molecule has 1 aromatic carbocycles. The standard InChI is InChI=1S/C17H22BrNO2/c1-13-5-4-10-17(11-13,12-20)19-16(21)9-8-14-6-2-3-7-15(14)18/h2-3,6-9,13,20H,4-5,10-12H2,1H3,(H,19,21). The average molecular weight is 352 g/mol. The van der Waals surface area contributed by atoms with Gasteiger partial charge in [-0.15, -0.1) is 0 Å². The molecule has 3 nitrogen and oxygen atoms in total. The van der Waals surface area contributed by atoms with Crippen LogP contribution in [0.1, 0.15) is 38.2 Å². The minimum Gasteiger partial charge on any atom is -0.394 e. The highest BCUT2D eigenvalue weighted by atomic mass is 79.9. The smallest absolute Gasteiger partial charge is 0.244 e. The van der Waals surface area contributed by atoms with Gasteiger partial charge in [-0.3, -0.25) is 4.79 Å². The fraction of sp³-hybridized carbons (Fsp3) is 0.471. The number of halogens is 1. The van der Waals surface area contributed by atoms with Crippen molar-refractivity contribution in [1.29, 1.82) is 0 Å². The van der Waals surface area contributed by atoms with Gasteiger partial charge in [-0.05, 0) is 36.5 Å². The molecule has 21 heavy (non-hydrogen) atoms. The van der Waals surface area contributed by atoms with Crippen LogP contribution in [-0.2, 0) is 4.79 Å². The quantitative estimate of drug-likeness (QED) is 0.815. The zero-order chi connectivity index (χ0) is 15.3. The minimum atomic E-state index is -0.451. The van der Waals surface area contributed by atoms with Crippen LogP contribution in [0, 0.1) is 5.92 Å². The fourth-order valence-corrected chi connectivity index (χ4v) is 3.45. The molecular weight excluding hydrogens is 330 g/mol. The maximum Gasteiger partial charge on any atom is 0.244 e. The first kappa shape index (κ1) is 16.2.